The molecule has 0 spiro atoms. The number of allylic oxidation sites excluding steroid dienone is 4. The van der Waals surface area contributed by atoms with Gasteiger partial charge in [0, 0.05) is 5.56 Å². The van der Waals surface area contributed by atoms with E-state index in [0.717, 1.165) is 26.7 Å². The Morgan fingerprint density at radius 2 is 1.23 bits per heavy atom. The highest BCUT2D eigenvalue weighted by molar-refractivity contribution is 9.11. The monoisotopic (exact) mass is 402 g/mol. The molecular weight excluding hydrogens is 384 g/mol. The molecule has 0 radical (unpaired) electrons. The molecule has 0 heterocycles. The lowest BCUT2D eigenvalue weighted by atomic mass is 10.0. The predicted molar refractivity (Wildman–Crippen MR) is 113 cm³/mol. The first kappa shape index (κ1) is 18.1. The quantitative estimate of drug-likeness (QED) is 0.257. The SMILES string of the molecule is C/C(Br)=C(\C=C\C(=O)c1ccc(-c2ccccc2)cc1)c1ccccc1. The van der Waals surface area contributed by atoms with Crippen LogP contribution in [0.4, 0.5) is 0 Å². The van der Waals surface area contributed by atoms with Gasteiger partial charge in [-0.05, 0) is 45.8 Å². The van der Waals surface area contributed by atoms with Gasteiger partial charge in [-0.15, -0.1) is 0 Å². The molecule has 0 bridgehead atoms. The lowest BCUT2D eigenvalue weighted by molar-refractivity contribution is 0.104. The van der Waals surface area contributed by atoms with E-state index < -0.39 is 0 Å². The van der Waals surface area contributed by atoms with Crippen molar-refractivity contribution >= 4 is 27.3 Å². The van der Waals surface area contributed by atoms with Crippen LogP contribution in [0.25, 0.3) is 16.7 Å². The largest absolute Gasteiger partial charge is 0.289 e. The Bertz CT molecular complexity index is 933. The maximum Gasteiger partial charge on any atom is 0.185 e. The molecule has 0 aliphatic rings. The maximum absolute atomic E-state index is 12.5. The molecule has 3 aromatic carbocycles. The van der Waals surface area contributed by atoms with Crippen LogP contribution in [0.5, 0.6) is 0 Å². The van der Waals surface area contributed by atoms with Crippen LogP contribution in [0.2, 0.25) is 0 Å². The third kappa shape index (κ3) is 4.47. The molecule has 0 saturated heterocycles. The molecule has 0 atom stereocenters. The van der Waals surface area contributed by atoms with Crippen molar-refractivity contribution in [2.75, 3.05) is 0 Å². The Hall–Kier alpha value is -2.71. The highest BCUT2D eigenvalue weighted by Gasteiger charge is 2.05. The van der Waals surface area contributed by atoms with Crippen LogP contribution in [-0.2, 0) is 0 Å². The molecule has 0 unspecified atom stereocenters. The van der Waals surface area contributed by atoms with E-state index in [1.54, 1.807) is 6.08 Å². The molecule has 1 nitrogen and oxygen atoms in total. The minimum Gasteiger partial charge on any atom is -0.289 e. The lowest BCUT2D eigenvalue weighted by Crippen LogP contribution is -1.94. The van der Waals surface area contributed by atoms with Gasteiger partial charge in [-0.25, -0.2) is 0 Å². The number of rotatable bonds is 5. The first-order valence-electron chi connectivity index (χ1n) is 8.45. The molecule has 128 valence electrons. The molecule has 3 aromatic rings. The van der Waals surface area contributed by atoms with Crippen LogP contribution in [0, 0.1) is 0 Å². The summed E-state index contributed by atoms with van der Waals surface area (Å²) in [4.78, 5) is 12.5. The minimum atomic E-state index is -0.00760. The average molecular weight is 403 g/mol. The molecule has 2 heteroatoms. The molecule has 26 heavy (non-hydrogen) atoms. The van der Waals surface area contributed by atoms with E-state index in [2.05, 4.69) is 28.1 Å². The zero-order valence-electron chi connectivity index (χ0n) is 14.5. The standard InChI is InChI=1S/C24H19BrO/c1-18(25)23(21-10-6-3-7-11-21)16-17-24(26)22-14-12-20(13-15-22)19-8-4-2-5-9-19/h2-17H,1H3/b17-16+,23-18-. The highest BCUT2D eigenvalue weighted by Crippen LogP contribution is 2.24. The first-order valence-corrected chi connectivity index (χ1v) is 9.24. The average Bonchev–Trinajstić information content (AvgIpc) is 2.69. The molecule has 0 saturated carbocycles. The molecule has 0 aromatic heterocycles. The van der Waals surface area contributed by atoms with Crippen LogP contribution in [0.1, 0.15) is 22.8 Å². The Labute approximate surface area is 162 Å². The summed E-state index contributed by atoms with van der Waals surface area (Å²) in [6, 6.07) is 27.9. The van der Waals surface area contributed by atoms with Gasteiger partial charge in [-0.3, -0.25) is 4.79 Å². The van der Waals surface area contributed by atoms with Gasteiger partial charge in [-0.1, -0.05) is 101 Å². The number of hydrogen-bond donors (Lipinski definition) is 0. The van der Waals surface area contributed by atoms with Gasteiger partial charge < -0.3 is 0 Å². The second-order valence-corrected chi connectivity index (χ2v) is 7.14. The number of ketones is 1. The third-order valence-corrected chi connectivity index (χ3v) is 4.56. The minimum absolute atomic E-state index is 0.00760. The van der Waals surface area contributed by atoms with Gasteiger partial charge >= 0.3 is 0 Å². The fraction of sp³-hybridized carbons (Fsp3) is 0.0417. The van der Waals surface area contributed by atoms with Crippen molar-refractivity contribution in [2.45, 2.75) is 6.92 Å². The van der Waals surface area contributed by atoms with Gasteiger partial charge in [0.25, 0.3) is 0 Å². The number of halogens is 1. The van der Waals surface area contributed by atoms with Crippen molar-refractivity contribution in [3.05, 3.63) is 113 Å². The molecule has 0 fully saturated rings. The van der Waals surface area contributed by atoms with Crippen LogP contribution in [-0.4, -0.2) is 5.78 Å². The van der Waals surface area contributed by atoms with Crippen LogP contribution >= 0.6 is 15.9 Å². The van der Waals surface area contributed by atoms with Gasteiger partial charge in [0.2, 0.25) is 0 Å². The van der Waals surface area contributed by atoms with Crippen LogP contribution in [0.3, 0.4) is 0 Å². The van der Waals surface area contributed by atoms with Gasteiger partial charge in [0.05, 0.1) is 0 Å². The number of benzene rings is 3. The fourth-order valence-corrected chi connectivity index (χ4v) is 3.10. The predicted octanol–water partition coefficient (Wildman–Crippen LogP) is 6.92. The molecule has 0 amide bonds. The van der Waals surface area contributed by atoms with Crippen molar-refractivity contribution in [1.82, 2.24) is 0 Å². The van der Waals surface area contributed by atoms with Gasteiger partial charge in [0.1, 0.15) is 0 Å². The Kier molecular flexibility index (Phi) is 5.98. The van der Waals surface area contributed by atoms with E-state index in [1.165, 1.54) is 0 Å². The van der Waals surface area contributed by atoms with Crippen LogP contribution in [0.15, 0.2) is 102 Å². The zero-order valence-corrected chi connectivity index (χ0v) is 16.1. The van der Waals surface area contributed by atoms with Crippen molar-refractivity contribution in [3.8, 4) is 11.1 Å². The summed E-state index contributed by atoms with van der Waals surface area (Å²) in [7, 11) is 0. The number of carbonyl (C=O) groups excluding carboxylic acids is 1. The summed E-state index contributed by atoms with van der Waals surface area (Å²) in [6.45, 7) is 1.98. The fourth-order valence-electron chi connectivity index (χ4n) is 2.74. The van der Waals surface area contributed by atoms with Crippen molar-refractivity contribution in [2.24, 2.45) is 0 Å². The molecule has 0 N–H and O–H groups in total. The molecular formula is C24H19BrO. The van der Waals surface area contributed by atoms with Gasteiger partial charge in [0.15, 0.2) is 5.78 Å². The molecule has 0 aliphatic carbocycles. The highest BCUT2D eigenvalue weighted by atomic mass is 79.9. The van der Waals surface area contributed by atoms with Crippen LogP contribution < -0.4 is 0 Å². The second-order valence-electron chi connectivity index (χ2n) is 5.95. The van der Waals surface area contributed by atoms with Crippen molar-refractivity contribution in [3.63, 3.8) is 0 Å². The summed E-state index contributed by atoms with van der Waals surface area (Å²) in [5.74, 6) is -0.00760. The Morgan fingerprint density at radius 1 is 0.692 bits per heavy atom. The zero-order chi connectivity index (χ0) is 18.4. The maximum atomic E-state index is 12.5. The van der Waals surface area contributed by atoms with E-state index in [1.807, 2.05) is 85.8 Å². The second kappa shape index (κ2) is 8.59. The summed E-state index contributed by atoms with van der Waals surface area (Å²) >= 11 is 3.54. The van der Waals surface area contributed by atoms with Crippen molar-refractivity contribution < 1.29 is 4.79 Å². The molecule has 0 aliphatic heterocycles. The Morgan fingerprint density at radius 3 is 1.81 bits per heavy atom. The summed E-state index contributed by atoms with van der Waals surface area (Å²) in [6.07, 6.45) is 3.50. The normalized spacial score (nSPS) is 12.1. The lowest BCUT2D eigenvalue weighted by Gasteiger charge is -2.05. The number of hydrogen-bond acceptors (Lipinski definition) is 1. The molecule has 3 rings (SSSR count). The topological polar surface area (TPSA) is 17.1 Å². The van der Waals surface area contributed by atoms with E-state index in [0.29, 0.717) is 5.56 Å². The summed E-state index contributed by atoms with van der Waals surface area (Å²) in [5.41, 5.74) is 5.00. The van der Waals surface area contributed by atoms with Gasteiger partial charge in [-0.2, -0.15) is 0 Å². The van der Waals surface area contributed by atoms with E-state index >= 15 is 0 Å². The summed E-state index contributed by atoms with van der Waals surface area (Å²) in [5, 5.41) is 0. The Balaban J connectivity index is 1.79. The summed E-state index contributed by atoms with van der Waals surface area (Å²) < 4.78 is 0.993. The van der Waals surface area contributed by atoms with E-state index in [9.17, 15) is 4.79 Å². The smallest absolute Gasteiger partial charge is 0.185 e. The van der Waals surface area contributed by atoms with E-state index in [4.69, 9.17) is 0 Å². The van der Waals surface area contributed by atoms with Crippen molar-refractivity contribution in [1.29, 1.82) is 0 Å². The van der Waals surface area contributed by atoms with E-state index in [-0.39, 0.29) is 5.78 Å². The third-order valence-electron chi connectivity index (χ3n) is 4.13. The first-order chi connectivity index (χ1) is 12.6. The number of carbonyl (C=O) groups is 1.